The third-order valence-electron chi connectivity index (χ3n) is 3.99. The summed E-state index contributed by atoms with van der Waals surface area (Å²) in [6.45, 7) is 1.97. The Hall–Kier alpha value is -1.54. The lowest BCUT2D eigenvalue weighted by Gasteiger charge is -2.29. The van der Waals surface area contributed by atoms with E-state index < -0.39 is 6.10 Å². The van der Waals surface area contributed by atoms with Crippen molar-refractivity contribution in [3.05, 3.63) is 59.0 Å². The van der Waals surface area contributed by atoms with Crippen LogP contribution in [0.5, 0.6) is 0 Å². The van der Waals surface area contributed by atoms with Crippen molar-refractivity contribution in [1.29, 1.82) is 0 Å². The van der Waals surface area contributed by atoms with Gasteiger partial charge in [-0.3, -0.25) is 0 Å². The van der Waals surface area contributed by atoms with E-state index in [9.17, 15) is 5.11 Å². The van der Waals surface area contributed by atoms with E-state index in [0.717, 1.165) is 11.1 Å². The van der Waals surface area contributed by atoms with Gasteiger partial charge in [0.2, 0.25) is 0 Å². The van der Waals surface area contributed by atoms with E-state index in [1.54, 1.807) is 6.26 Å². The van der Waals surface area contributed by atoms with Crippen molar-refractivity contribution >= 4 is 0 Å². The Kier molecular flexibility index (Phi) is 2.96. The monoisotopic (exact) mass is 242 g/mol. The van der Waals surface area contributed by atoms with Gasteiger partial charge >= 0.3 is 0 Å². The fourth-order valence-corrected chi connectivity index (χ4v) is 2.66. The third kappa shape index (κ3) is 1.87. The standard InChI is InChI=1S/C16H18O2/c1-11-9-10-18-16(11)15(17)14-8-3-2-7-13(14)12-5-4-6-12/h2-3,7-10,12,15,17H,4-6H2,1H3. The molecule has 1 atom stereocenters. The van der Waals surface area contributed by atoms with E-state index in [1.165, 1.54) is 24.8 Å². The quantitative estimate of drug-likeness (QED) is 0.884. The number of furan rings is 1. The molecule has 2 nitrogen and oxygen atoms in total. The fraction of sp³-hybridized carbons (Fsp3) is 0.375. The van der Waals surface area contributed by atoms with Gasteiger partial charge in [-0.2, -0.15) is 0 Å². The maximum Gasteiger partial charge on any atom is 0.139 e. The number of aliphatic hydroxyl groups excluding tert-OH is 1. The Labute approximate surface area is 107 Å². The molecule has 1 aliphatic rings. The summed E-state index contributed by atoms with van der Waals surface area (Å²) in [5, 5.41) is 10.5. The van der Waals surface area contributed by atoms with Gasteiger partial charge < -0.3 is 9.52 Å². The second-order valence-corrected chi connectivity index (χ2v) is 5.13. The van der Waals surface area contributed by atoms with E-state index in [-0.39, 0.29) is 0 Å². The molecule has 1 N–H and O–H groups in total. The molecule has 0 aliphatic heterocycles. The third-order valence-corrected chi connectivity index (χ3v) is 3.99. The average molecular weight is 242 g/mol. The zero-order chi connectivity index (χ0) is 12.5. The second kappa shape index (κ2) is 4.62. The summed E-state index contributed by atoms with van der Waals surface area (Å²) in [4.78, 5) is 0. The van der Waals surface area contributed by atoms with Crippen LogP contribution in [0.3, 0.4) is 0 Å². The molecule has 2 heteroatoms. The lowest BCUT2D eigenvalue weighted by molar-refractivity contribution is 0.185. The highest BCUT2D eigenvalue weighted by molar-refractivity contribution is 5.38. The maximum absolute atomic E-state index is 10.5. The summed E-state index contributed by atoms with van der Waals surface area (Å²) in [5.74, 6) is 1.29. The highest BCUT2D eigenvalue weighted by Gasteiger charge is 2.26. The number of hydrogen-bond donors (Lipinski definition) is 1. The van der Waals surface area contributed by atoms with Crippen molar-refractivity contribution in [2.24, 2.45) is 0 Å². The van der Waals surface area contributed by atoms with Crippen molar-refractivity contribution in [2.45, 2.75) is 38.2 Å². The fourth-order valence-electron chi connectivity index (χ4n) is 2.66. The Morgan fingerprint density at radius 3 is 2.61 bits per heavy atom. The molecular weight excluding hydrogens is 224 g/mol. The second-order valence-electron chi connectivity index (χ2n) is 5.13. The topological polar surface area (TPSA) is 33.4 Å². The summed E-state index contributed by atoms with van der Waals surface area (Å²) < 4.78 is 5.42. The molecule has 1 fully saturated rings. The molecule has 0 bridgehead atoms. The minimum atomic E-state index is -0.642. The van der Waals surface area contributed by atoms with Crippen LogP contribution in [0.15, 0.2) is 41.0 Å². The van der Waals surface area contributed by atoms with Gasteiger partial charge in [0, 0.05) is 0 Å². The summed E-state index contributed by atoms with van der Waals surface area (Å²) in [7, 11) is 0. The van der Waals surface area contributed by atoms with Gasteiger partial charge in [-0.05, 0) is 48.4 Å². The Bertz CT molecular complexity index is 538. The predicted octanol–water partition coefficient (Wildman–Crippen LogP) is 3.94. The van der Waals surface area contributed by atoms with E-state index in [0.29, 0.717) is 11.7 Å². The lowest BCUT2D eigenvalue weighted by Crippen LogP contribution is -2.13. The first-order valence-corrected chi connectivity index (χ1v) is 6.58. The van der Waals surface area contributed by atoms with Crippen LogP contribution in [-0.2, 0) is 0 Å². The van der Waals surface area contributed by atoms with Crippen LogP contribution < -0.4 is 0 Å². The molecule has 0 amide bonds. The SMILES string of the molecule is Cc1ccoc1C(O)c1ccccc1C1CCC1. The lowest BCUT2D eigenvalue weighted by atomic mass is 9.77. The minimum Gasteiger partial charge on any atom is -0.466 e. The summed E-state index contributed by atoms with van der Waals surface area (Å²) in [6.07, 6.45) is 4.77. The van der Waals surface area contributed by atoms with Gasteiger partial charge in [-0.15, -0.1) is 0 Å². The molecular formula is C16H18O2. The minimum absolute atomic E-state index is 0.617. The largest absolute Gasteiger partial charge is 0.466 e. The Morgan fingerprint density at radius 1 is 1.22 bits per heavy atom. The van der Waals surface area contributed by atoms with Gasteiger partial charge in [-0.1, -0.05) is 30.7 Å². The molecule has 1 heterocycles. The number of rotatable bonds is 3. The number of benzene rings is 1. The van der Waals surface area contributed by atoms with Gasteiger partial charge in [0.1, 0.15) is 11.9 Å². The molecule has 2 aromatic rings. The van der Waals surface area contributed by atoms with Crippen LogP contribution >= 0.6 is 0 Å². The zero-order valence-corrected chi connectivity index (χ0v) is 10.6. The molecule has 1 aromatic carbocycles. The first kappa shape index (κ1) is 11.5. The maximum atomic E-state index is 10.5. The molecule has 3 rings (SSSR count). The molecule has 0 saturated heterocycles. The van der Waals surface area contributed by atoms with E-state index in [2.05, 4.69) is 12.1 Å². The van der Waals surface area contributed by atoms with Crippen molar-refractivity contribution < 1.29 is 9.52 Å². The number of aliphatic hydroxyl groups is 1. The smallest absolute Gasteiger partial charge is 0.139 e. The van der Waals surface area contributed by atoms with E-state index >= 15 is 0 Å². The van der Waals surface area contributed by atoms with Gasteiger partial charge in [0.15, 0.2) is 0 Å². The normalized spacial score (nSPS) is 17.4. The highest BCUT2D eigenvalue weighted by Crippen LogP contribution is 2.40. The zero-order valence-electron chi connectivity index (χ0n) is 10.6. The average Bonchev–Trinajstić information content (AvgIpc) is 2.73. The van der Waals surface area contributed by atoms with Crippen LogP contribution in [0.2, 0.25) is 0 Å². The molecule has 94 valence electrons. The number of aryl methyl sites for hydroxylation is 1. The molecule has 18 heavy (non-hydrogen) atoms. The Morgan fingerprint density at radius 2 is 2.00 bits per heavy atom. The molecule has 1 aliphatic carbocycles. The van der Waals surface area contributed by atoms with Crippen LogP contribution in [-0.4, -0.2) is 5.11 Å². The highest BCUT2D eigenvalue weighted by atomic mass is 16.4. The van der Waals surface area contributed by atoms with Crippen LogP contribution in [0.1, 0.15) is 53.7 Å². The van der Waals surface area contributed by atoms with E-state index in [4.69, 9.17) is 4.42 Å². The van der Waals surface area contributed by atoms with Gasteiger partial charge in [0.05, 0.1) is 6.26 Å². The first-order chi connectivity index (χ1) is 8.77. The molecule has 1 saturated carbocycles. The van der Waals surface area contributed by atoms with Gasteiger partial charge in [-0.25, -0.2) is 0 Å². The van der Waals surface area contributed by atoms with E-state index in [1.807, 2.05) is 25.1 Å². The summed E-state index contributed by atoms with van der Waals surface area (Å²) >= 11 is 0. The Balaban J connectivity index is 1.98. The van der Waals surface area contributed by atoms with Gasteiger partial charge in [0.25, 0.3) is 0 Å². The van der Waals surface area contributed by atoms with Crippen molar-refractivity contribution in [1.82, 2.24) is 0 Å². The molecule has 1 aromatic heterocycles. The van der Waals surface area contributed by atoms with Crippen LogP contribution in [0.4, 0.5) is 0 Å². The molecule has 1 unspecified atom stereocenters. The molecule has 0 radical (unpaired) electrons. The van der Waals surface area contributed by atoms with Crippen LogP contribution in [0.25, 0.3) is 0 Å². The molecule has 0 spiro atoms. The predicted molar refractivity (Wildman–Crippen MR) is 70.5 cm³/mol. The summed E-state index contributed by atoms with van der Waals surface area (Å²) in [6, 6.07) is 10.1. The summed E-state index contributed by atoms with van der Waals surface area (Å²) in [5.41, 5.74) is 3.29. The van der Waals surface area contributed by atoms with Crippen molar-refractivity contribution in [2.75, 3.05) is 0 Å². The van der Waals surface area contributed by atoms with Crippen molar-refractivity contribution in [3.8, 4) is 0 Å². The number of hydrogen-bond acceptors (Lipinski definition) is 2. The van der Waals surface area contributed by atoms with Crippen molar-refractivity contribution in [3.63, 3.8) is 0 Å². The van der Waals surface area contributed by atoms with Crippen LogP contribution in [0, 0.1) is 6.92 Å². The first-order valence-electron chi connectivity index (χ1n) is 6.58.